The molecule has 0 fully saturated rings. The number of aryl methyl sites for hydroxylation is 1. The van der Waals surface area contributed by atoms with E-state index in [2.05, 4.69) is 5.32 Å². The number of aliphatic hydroxyl groups excluding tert-OH is 1. The summed E-state index contributed by atoms with van der Waals surface area (Å²) in [6.07, 6.45) is -0.656. The molecule has 0 bridgehead atoms. The topological polar surface area (TPSA) is 50.7 Å². The molecule has 21 heavy (non-hydrogen) atoms. The van der Waals surface area contributed by atoms with Crippen molar-refractivity contribution in [1.82, 2.24) is 0 Å². The van der Waals surface area contributed by atoms with E-state index in [1.54, 1.807) is 12.1 Å². The van der Waals surface area contributed by atoms with Crippen molar-refractivity contribution in [3.05, 3.63) is 52.5 Å². The first kappa shape index (κ1) is 14.0. The van der Waals surface area contributed by atoms with Crippen LogP contribution in [0.4, 0.5) is 5.69 Å². The summed E-state index contributed by atoms with van der Waals surface area (Å²) in [5.74, 6) is 1.38. The molecule has 0 saturated heterocycles. The SMILES string of the molecule is Cc1ccc(Cl)c(NCC(O)c2ccc3c(c2)OCO3)c1. The molecular formula is C16H16ClNO3. The standard InChI is InChI=1S/C16H16ClNO3/c1-10-2-4-12(17)13(6-10)18-8-14(19)11-3-5-15-16(7-11)21-9-20-15/h2-7,14,18-19H,8-9H2,1H3. The van der Waals surface area contributed by atoms with Crippen LogP contribution >= 0.6 is 11.6 Å². The average molecular weight is 306 g/mol. The van der Waals surface area contributed by atoms with Crippen molar-refractivity contribution in [1.29, 1.82) is 0 Å². The highest BCUT2D eigenvalue weighted by Crippen LogP contribution is 2.34. The zero-order valence-corrected chi connectivity index (χ0v) is 12.4. The Hall–Kier alpha value is -1.91. The molecule has 0 aromatic heterocycles. The van der Waals surface area contributed by atoms with Gasteiger partial charge < -0.3 is 19.9 Å². The average Bonchev–Trinajstić information content (AvgIpc) is 2.95. The van der Waals surface area contributed by atoms with Gasteiger partial charge in [0, 0.05) is 6.54 Å². The summed E-state index contributed by atoms with van der Waals surface area (Å²) in [7, 11) is 0. The summed E-state index contributed by atoms with van der Waals surface area (Å²) in [6, 6.07) is 11.2. The monoisotopic (exact) mass is 305 g/mol. The largest absolute Gasteiger partial charge is 0.454 e. The fourth-order valence-electron chi connectivity index (χ4n) is 2.22. The third kappa shape index (κ3) is 3.06. The third-order valence-electron chi connectivity index (χ3n) is 3.39. The first-order chi connectivity index (χ1) is 10.1. The lowest BCUT2D eigenvalue weighted by Crippen LogP contribution is -2.12. The van der Waals surface area contributed by atoms with Crippen LogP contribution in [0.2, 0.25) is 5.02 Å². The summed E-state index contributed by atoms with van der Waals surface area (Å²) in [5.41, 5.74) is 2.70. The number of anilines is 1. The van der Waals surface area contributed by atoms with E-state index in [4.69, 9.17) is 21.1 Å². The van der Waals surface area contributed by atoms with Gasteiger partial charge in [-0.15, -0.1) is 0 Å². The molecule has 0 saturated carbocycles. The molecule has 1 unspecified atom stereocenters. The molecule has 3 rings (SSSR count). The summed E-state index contributed by atoms with van der Waals surface area (Å²) >= 11 is 6.12. The van der Waals surface area contributed by atoms with Gasteiger partial charge >= 0.3 is 0 Å². The molecule has 2 aromatic carbocycles. The van der Waals surface area contributed by atoms with Crippen LogP contribution in [0.3, 0.4) is 0 Å². The number of halogens is 1. The Morgan fingerprint density at radius 2 is 2.00 bits per heavy atom. The summed E-state index contributed by atoms with van der Waals surface area (Å²) in [6.45, 7) is 2.59. The van der Waals surface area contributed by atoms with Gasteiger partial charge in [0.1, 0.15) is 0 Å². The number of aliphatic hydroxyl groups is 1. The van der Waals surface area contributed by atoms with E-state index < -0.39 is 6.10 Å². The van der Waals surface area contributed by atoms with Crippen LogP contribution in [-0.2, 0) is 0 Å². The molecule has 110 valence electrons. The summed E-state index contributed by atoms with van der Waals surface area (Å²) < 4.78 is 10.6. The van der Waals surface area contributed by atoms with Gasteiger partial charge in [-0.2, -0.15) is 0 Å². The Morgan fingerprint density at radius 3 is 2.86 bits per heavy atom. The molecule has 0 aliphatic carbocycles. The Balaban J connectivity index is 1.69. The molecular weight excluding hydrogens is 290 g/mol. The minimum atomic E-state index is -0.656. The number of hydrogen-bond acceptors (Lipinski definition) is 4. The van der Waals surface area contributed by atoms with Crippen LogP contribution in [0, 0.1) is 6.92 Å². The second kappa shape index (κ2) is 5.84. The zero-order chi connectivity index (χ0) is 14.8. The fourth-order valence-corrected chi connectivity index (χ4v) is 2.40. The van der Waals surface area contributed by atoms with E-state index in [0.29, 0.717) is 23.1 Å². The first-order valence-corrected chi connectivity index (χ1v) is 7.09. The van der Waals surface area contributed by atoms with E-state index in [1.165, 1.54) is 0 Å². The zero-order valence-electron chi connectivity index (χ0n) is 11.6. The van der Waals surface area contributed by atoms with Gasteiger partial charge in [-0.05, 0) is 42.3 Å². The molecule has 5 heteroatoms. The first-order valence-electron chi connectivity index (χ1n) is 6.71. The van der Waals surface area contributed by atoms with Crippen molar-refractivity contribution >= 4 is 17.3 Å². The lowest BCUT2D eigenvalue weighted by atomic mass is 10.1. The van der Waals surface area contributed by atoms with Gasteiger partial charge in [0.2, 0.25) is 6.79 Å². The Kier molecular flexibility index (Phi) is 3.90. The van der Waals surface area contributed by atoms with Crippen LogP contribution < -0.4 is 14.8 Å². The molecule has 2 N–H and O–H groups in total. The molecule has 0 radical (unpaired) electrons. The molecule has 1 atom stereocenters. The quantitative estimate of drug-likeness (QED) is 0.907. The van der Waals surface area contributed by atoms with Gasteiger partial charge in [0.05, 0.1) is 16.8 Å². The predicted octanol–water partition coefficient (Wildman–Crippen LogP) is 3.52. The maximum atomic E-state index is 10.3. The van der Waals surface area contributed by atoms with E-state index in [1.807, 2.05) is 31.2 Å². The normalized spacial score (nSPS) is 14.0. The van der Waals surface area contributed by atoms with Crippen molar-refractivity contribution < 1.29 is 14.6 Å². The Labute approximate surface area is 128 Å². The van der Waals surface area contributed by atoms with Crippen LogP contribution in [0.25, 0.3) is 0 Å². The Morgan fingerprint density at radius 1 is 1.19 bits per heavy atom. The smallest absolute Gasteiger partial charge is 0.231 e. The predicted molar refractivity (Wildman–Crippen MR) is 82.2 cm³/mol. The van der Waals surface area contributed by atoms with E-state index in [9.17, 15) is 5.11 Å². The molecule has 1 aliphatic rings. The van der Waals surface area contributed by atoms with Gasteiger partial charge in [-0.25, -0.2) is 0 Å². The van der Waals surface area contributed by atoms with Gasteiger partial charge in [0.15, 0.2) is 11.5 Å². The lowest BCUT2D eigenvalue weighted by molar-refractivity contribution is 0.173. The van der Waals surface area contributed by atoms with E-state index >= 15 is 0 Å². The van der Waals surface area contributed by atoms with Crippen LogP contribution in [0.15, 0.2) is 36.4 Å². The van der Waals surface area contributed by atoms with Crippen molar-refractivity contribution in [2.45, 2.75) is 13.0 Å². The van der Waals surface area contributed by atoms with Crippen molar-refractivity contribution in [3.63, 3.8) is 0 Å². The van der Waals surface area contributed by atoms with Crippen LogP contribution in [-0.4, -0.2) is 18.4 Å². The van der Waals surface area contributed by atoms with Crippen molar-refractivity contribution in [3.8, 4) is 11.5 Å². The molecule has 1 aliphatic heterocycles. The lowest BCUT2D eigenvalue weighted by Gasteiger charge is -2.15. The highest BCUT2D eigenvalue weighted by molar-refractivity contribution is 6.33. The number of nitrogens with one attached hydrogen (secondary N) is 1. The minimum Gasteiger partial charge on any atom is -0.454 e. The maximum absolute atomic E-state index is 10.3. The maximum Gasteiger partial charge on any atom is 0.231 e. The highest BCUT2D eigenvalue weighted by atomic mass is 35.5. The number of fused-ring (bicyclic) bond motifs is 1. The second-order valence-electron chi connectivity index (χ2n) is 4.99. The van der Waals surface area contributed by atoms with E-state index in [-0.39, 0.29) is 6.79 Å². The van der Waals surface area contributed by atoms with Gasteiger partial charge in [0.25, 0.3) is 0 Å². The van der Waals surface area contributed by atoms with Crippen LogP contribution in [0.1, 0.15) is 17.2 Å². The third-order valence-corrected chi connectivity index (χ3v) is 3.72. The van der Waals surface area contributed by atoms with Gasteiger partial charge in [-0.1, -0.05) is 23.7 Å². The summed E-state index contributed by atoms with van der Waals surface area (Å²) in [5, 5.41) is 14.1. The fraction of sp³-hybridized carbons (Fsp3) is 0.250. The number of rotatable bonds is 4. The molecule has 0 spiro atoms. The highest BCUT2D eigenvalue weighted by Gasteiger charge is 2.16. The number of benzene rings is 2. The summed E-state index contributed by atoms with van der Waals surface area (Å²) in [4.78, 5) is 0. The molecule has 4 nitrogen and oxygen atoms in total. The van der Waals surface area contributed by atoms with Crippen LogP contribution in [0.5, 0.6) is 11.5 Å². The van der Waals surface area contributed by atoms with Gasteiger partial charge in [-0.3, -0.25) is 0 Å². The van der Waals surface area contributed by atoms with Crippen molar-refractivity contribution in [2.24, 2.45) is 0 Å². The minimum absolute atomic E-state index is 0.228. The number of hydrogen-bond donors (Lipinski definition) is 2. The second-order valence-corrected chi connectivity index (χ2v) is 5.40. The molecule has 1 heterocycles. The molecule has 0 amide bonds. The van der Waals surface area contributed by atoms with E-state index in [0.717, 1.165) is 16.8 Å². The number of ether oxygens (including phenoxy) is 2. The Bertz CT molecular complexity index is 660. The van der Waals surface area contributed by atoms with Crippen molar-refractivity contribution in [2.75, 3.05) is 18.7 Å². The molecule has 2 aromatic rings.